The van der Waals surface area contributed by atoms with Crippen molar-refractivity contribution in [2.75, 3.05) is 0 Å². The monoisotopic (exact) mass is 480 g/mol. The summed E-state index contributed by atoms with van der Waals surface area (Å²) in [5, 5.41) is 0. The molecule has 2 aromatic rings. The van der Waals surface area contributed by atoms with Crippen molar-refractivity contribution >= 4 is 27.7 Å². The molecule has 2 atom stereocenters. The predicted molar refractivity (Wildman–Crippen MR) is 116 cm³/mol. The zero-order valence-electron chi connectivity index (χ0n) is 16.7. The third kappa shape index (κ3) is 3.53. The van der Waals surface area contributed by atoms with E-state index in [4.69, 9.17) is 0 Å². The Kier molecular flexibility index (Phi) is 5.36. The molecule has 1 heterocycles. The summed E-state index contributed by atoms with van der Waals surface area (Å²) in [5.74, 6) is 0. The quantitative estimate of drug-likeness (QED) is 0.674. The first-order chi connectivity index (χ1) is 14.5. The molecule has 0 amide bonds. The van der Waals surface area contributed by atoms with Gasteiger partial charge in [0.1, 0.15) is 0 Å². The van der Waals surface area contributed by atoms with Gasteiger partial charge in [0.2, 0.25) is 0 Å². The molecule has 8 nitrogen and oxygen atoms in total. The maximum absolute atomic E-state index is 13.6. The van der Waals surface area contributed by atoms with Crippen LogP contribution in [-0.4, -0.2) is 42.0 Å². The van der Waals surface area contributed by atoms with Gasteiger partial charge in [-0.1, -0.05) is 67.8 Å². The Morgan fingerprint density at radius 1 is 0.710 bits per heavy atom. The molecule has 0 unspecified atom stereocenters. The van der Waals surface area contributed by atoms with Crippen LogP contribution >= 0.6 is 7.67 Å². The van der Waals surface area contributed by atoms with Gasteiger partial charge in [0.15, 0.2) is 0 Å². The molecule has 0 bridgehead atoms. The maximum Gasteiger partial charge on any atom is 0.372 e. The van der Waals surface area contributed by atoms with Crippen molar-refractivity contribution in [2.45, 2.75) is 35.7 Å². The topological polar surface area (TPSA) is 112 Å². The maximum atomic E-state index is 13.6. The van der Waals surface area contributed by atoms with E-state index >= 15 is 0 Å². The summed E-state index contributed by atoms with van der Waals surface area (Å²) in [6.07, 6.45) is 5.90. The van der Waals surface area contributed by atoms with Crippen molar-refractivity contribution in [1.29, 1.82) is 0 Å². The number of benzene rings is 2. The summed E-state index contributed by atoms with van der Waals surface area (Å²) < 4.78 is 68.0. The van der Waals surface area contributed by atoms with Gasteiger partial charge in [-0.3, -0.25) is 4.57 Å². The normalized spacial score (nSPS) is 23.7. The minimum atomic E-state index is -5.08. The molecule has 1 fully saturated rings. The second kappa shape index (κ2) is 7.51. The van der Waals surface area contributed by atoms with Crippen LogP contribution in [-0.2, 0) is 24.6 Å². The van der Waals surface area contributed by atoms with E-state index in [1.54, 1.807) is 38.1 Å². The lowest BCUT2D eigenvalue weighted by Crippen LogP contribution is -2.39. The molecule has 2 aromatic carbocycles. The SMILES string of the molecule is Cc1ccc(S(=O)(=O)N2[C@H]3C=CC=C[C@@H]3N(S(=O)(=O)c3ccc(C)cc3)P2(=O)O)cc1. The molecule has 2 aliphatic rings. The van der Waals surface area contributed by atoms with Crippen molar-refractivity contribution in [1.82, 2.24) is 8.15 Å². The lowest BCUT2D eigenvalue weighted by molar-refractivity contribution is 0.405. The molecule has 0 saturated carbocycles. The number of nitrogens with zero attached hydrogens (tertiary/aromatic N) is 2. The Labute approximate surface area is 181 Å². The zero-order chi connectivity index (χ0) is 22.6. The van der Waals surface area contributed by atoms with Gasteiger partial charge in [-0.15, -0.1) is 0 Å². The van der Waals surface area contributed by atoms with Gasteiger partial charge < -0.3 is 4.89 Å². The van der Waals surface area contributed by atoms with Gasteiger partial charge in [-0.05, 0) is 38.1 Å². The van der Waals surface area contributed by atoms with Gasteiger partial charge in [0.25, 0.3) is 20.0 Å². The average Bonchev–Trinajstić information content (AvgIpc) is 2.95. The van der Waals surface area contributed by atoms with Gasteiger partial charge in [0, 0.05) is 0 Å². The summed E-state index contributed by atoms with van der Waals surface area (Å²) in [6, 6.07) is 9.29. The molecule has 31 heavy (non-hydrogen) atoms. The molecule has 4 rings (SSSR count). The lowest BCUT2D eigenvalue weighted by Gasteiger charge is -2.25. The third-order valence-electron chi connectivity index (χ3n) is 5.23. The number of sulfonamides is 2. The molecule has 164 valence electrons. The molecule has 1 saturated heterocycles. The van der Waals surface area contributed by atoms with Crippen LogP contribution in [0.15, 0.2) is 82.6 Å². The Hall–Kier alpha value is -2.07. The Morgan fingerprint density at radius 3 is 1.35 bits per heavy atom. The fourth-order valence-corrected chi connectivity index (χ4v) is 10.8. The number of aryl methyl sites for hydroxylation is 2. The highest BCUT2D eigenvalue weighted by molar-refractivity contribution is 7.99. The van der Waals surface area contributed by atoms with Gasteiger partial charge in [-0.25, -0.2) is 16.8 Å². The van der Waals surface area contributed by atoms with E-state index in [0.29, 0.717) is 8.15 Å². The smallest absolute Gasteiger partial charge is 0.320 e. The van der Waals surface area contributed by atoms with E-state index in [0.717, 1.165) is 11.1 Å². The number of hydrogen-bond donors (Lipinski definition) is 1. The molecule has 1 aliphatic heterocycles. The van der Waals surface area contributed by atoms with Gasteiger partial charge in [0.05, 0.1) is 21.9 Å². The van der Waals surface area contributed by atoms with Crippen LogP contribution < -0.4 is 0 Å². The molecule has 1 N–H and O–H groups in total. The molecule has 0 spiro atoms. The average molecular weight is 481 g/mol. The van der Waals surface area contributed by atoms with Crippen LogP contribution in [0, 0.1) is 13.8 Å². The largest absolute Gasteiger partial charge is 0.372 e. The van der Waals surface area contributed by atoms with Crippen LogP contribution in [0.25, 0.3) is 0 Å². The Balaban J connectivity index is 1.89. The predicted octanol–water partition coefficient (Wildman–Crippen LogP) is 2.96. The number of allylic oxidation sites excluding steroid dienone is 2. The van der Waals surface area contributed by atoms with E-state index in [2.05, 4.69) is 0 Å². The van der Waals surface area contributed by atoms with Crippen molar-refractivity contribution in [3.8, 4) is 0 Å². The third-order valence-corrected chi connectivity index (χ3v) is 12.6. The Morgan fingerprint density at radius 2 is 1.03 bits per heavy atom. The van der Waals surface area contributed by atoms with Crippen LogP contribution in [0.3, 0.4) is 0 Å². The fourth-order valence-electron chi connectivity index (χ4n) is 3.66. The van der Waals surface area contributed by atoms with E-state index in [1.807, 2.05) is 0 Å². The first-order valence-electron chi connectivity index (χ1n) is 9.38. The summed E-state index contributed by atoms with van der Waals surface area (Å²) in [4.78, 5) is 10.6. The van der Waals surface area contributed by atoms with Crippen LogP contribution in [0.1, 0.15) is 11.1 Å². The number of fused-ring (bicyclic) bond motifs is 1. The molecule has 1 aliphatic carbocycles. The molecular weight excluding hydrogens is 459 g/mol. The van der Waals surface area contributed by atoms with E-state index < -0.39 is 39.8 Å². The Bertz CT molecular complexity index is 1230. The molecule has 0 radical (unpaired) electrons. The molecular formula is C20H21N2O6PS2. The minimum absolute atomic E-state index is 0.191. The fraction of sp³-hybridized carbons (Fsp3) is 0.200. The first kappa shape index (κ1) is 22.1. The zero-order valence-corrected chi connectivity index (χ0v) is 19.3. The highest BCUT2D eigenvalue weighted by atomic mass is 32.2. The number of hydrogen-bond acceptors (Lipinski definition) is 5. The summed E-state index contributed by atoms with van der Waals surface area (Å²) in [6.45, 7) is 3.56. The first-order valence-corrected chi connectivity index (χ1v) is 13.8. The lowest BCUT2D eigenvalue weighted by atomic mass is 10.1. The minimum Gasteiger partial charge on any atom is -0.320 e. The molecule has 0 aromatic heterocycles. The van der Waals surface area contributed by atoms with Crippen molar-refractivity contribution < 1.29 is 26.3 Å². The van der Waals surface area contributed by atoms with Gasteiger partial charge in [-0.2, -0.15) is 0 Å². The standard InChI is InChI=1S/C20H21N2O6PS2/c1-15-7-11-17(12-8-15)30(25,26)21-19-5-3-4-6-20(19)22(29(21,23)24)31(27,28)18-13-9-16(2)10-14-18/h3-14,19-20H,1-2H3,(H,23,24)/t19-,20-/m0/s1. The van der Waals surface area contributed by atoms with Crippen molar-refractivity contribution in [3.05, 3.63) is 84.0 Å². The summed E-state index contributed by atoms with van der Waals surface area (Å²) in [5.41, 5.74) is 1.63. The van der Waals surface area contributed by atoms with Crippen LogP contribution in [0.5, 0.6) is 0 Å². The second-order valence-corrected chi connectivity index (χ2v) is 13.5. The summed E-state index contributed by atoms with van der Waals surface area (Å²) >= 11 is 0. The van der Waals surface area contributed by atoms with Crippen molar-refractivity contribution in [2.24, 2.45) is 0 Å². The van der Waals surface area contributed by atoms with Gasteiger partial charge >= 0.3 is 7.67 Å². The van der Waals surface area contributed by atoms with Crippen molar-refractivity contribution in [3.63, 3.8) is 0 Å². The molecule has 11 heteroatoms. The van der Waals surface area contributed by atoms with Crippen LogP contribution in [0.4, 0.5) is 0 Å². The highest BCUT2D eigenvalue weighted by Gasteiger charge is 2.63. The van der Waals surface area contributed by atoms with Crippen LogP contribution in [0.2, 0.25) is 0 Å². The highest BCUT2D eigenvalue weighted by Crippen LogP contribution is 2.63. The second-order valence-electron chi connectivity index (χ2n) is 7.45. The van der Waals surface area contributed by atoms with E-state index in [9.17, 15) is 26.3 Å². The number of rotatable bonds is 4. The summed E-state index contributed by atoms with van der Waals surface area (Å²) in [7, 11) is -14.1. The van der Waals surface area contributed by atoms with E-state index in [1.165, 1.54) is 48.6 Å². The van der Waals surface area contributed by atoms with E-state index in [-0.39, 0.29) is 9.79 Å².